The molecule has 1 N–H and O–H groups in total. The zero-order chi connectivity index (χ0) is 19.4. The maximum atomic E-state index is 12.5. The summed E-state index contributed by atoms with van der Waals surface area (Å²) in [6, 6.07) is 14.6. The molecule has 8 nitrogen and oxygen atoms in total. The van der Waals surface area contributed by atoms with Gasteiger partial charge in [0.05, 0.1) is 11.5 Å². The predicted octanol–water partition coefficient (Wildman–Crippen LogP) is 3.19. The Morgan fingerprint density at radius 2 is 1.89 bits per heavy atom. The lowest BCUT2D eigenvalue weighted by molar-refractivity contribution is -0.384. The molecule has 0 spiro atoms. The van der Waals surface area contributed by atoms with Crippen LogP contribution in [0.2, 0.25) is 0 Å². The number of thioether (sulfide) groups is 1. The Bertz CT molecular complexity index is 903. The number of nitro benzene ring substituents is 1. The van der Waals surface area contributed by atoms with Gasteiger partial charge in [0.1, 0.15) is 5.25 Å². The number of imide groups is 1. The summed E-state index contributed by atoms with van der Waals surface area (Å²) in [7, 11) is 0. The first-order valence-electron chi connectivity index (χ1n) is 8.04. The smallest absolute Gasteiger partial charge is 0.289 e. The van der Waals surface area contributed by atoms with Gasteiger partial charge in [-0.2, -0.15) is 0 Å². The van der Waals surface area contributed by atoms with E-state index in [2.05, 4.69) is 5.32 Å². The molecule has 27 heavy (non-hydrogen) atoms. The van der Waals surface area contributed by atoms with Gasteiger partial charge in [-0.25, -0.2) is 0 Å². The van der Waals surface area contributed by atoms with Crippen molar-refractivity contribution in [1.82, 2.24) is 4.90 Å². The van der Waals surface area contributed by atoms with Crippen molar-refractivity contribution in [2.75, 3.05) is 5.32 Å². The minimum atomic E-state index is -0.806. The molecule has 3 amide bonds. The summed E-state index contributed by atoms with van der Waals surface area (Å²) in [6.07, 6.45) is -0.191. The monoisotopic (exact) mass is 385 g/mol. The minimum absolute atomic E-state index is 0.150. The minimum Gasteiger partial charge on any atom is -0.326 e. The van der Waals surface area contributed by atoms with Gasteiger partial charge in [-0.3, -0.25) is 29.4 Å². The van der Waals surface area contributed by atoms with Gasteiger partial charge in [-0.15, -0.1) is 0 Å². The summed E-state index contributed by atoms with van der Waals surface area (Å²) in [4.78, 5) is 48.1. The average molecular weight is 385 g/mol. The molecular weight excluding hydrogens is 370 g/mol. The Morgan fingerprint density at radius 3 is 2.59 bits per heavy atom. The van der Waals surface area contributed by atoms with Crippen LogP contribution >= 0.6 is 11.8 Å². The number of non-ortho nitro benzene ring substituents is 1. The van der Waals surface area contributed by atoms with E-state index in [0.29, 0.717) is 0 Å². The van der Waals surface area contributed by atoms with Crippen LogP contribution in [-0.4, -0.2) is 32.1 Å². The normalized spacial score (nSPS) is 16.4. The molecule has 1 heterocycles. The number of rotatable bonds is 6. The average Bonchev–Trinajstić information content (AvgIpc) is 2.90. The van der Waals surface area contributed by atoms with Gasteiger partial charge in [0.2, 0.25) is 11.8 Å². The highest BCUT2D eigenvalue weighted by Gasteiger charge is 2.40. The van der Waals surface area contributed by atoms with Gasteiger partial charge in [0, 0.05) is 24.2 Å². The van der Waals surface area contributed by atoms with Crippen molar-refractivity contribution in [1.29, 1.82) is 0 Å². The lowest BCUT2D eigenvalue weighted by atomic mass is 10.2. The molecule has 0 aliphatic carbocycles. The Hall–Kier alpha value is -3.20. The fourth-order valence-electron chi connectivity index (χ4n) is 2.61. The molecule has 3 rings (SSSR count). The summed E-state index contributed by atoms with van der Waals surface area (Å²) < 4.78 is 0. The van der Waals surface area contributed by atoms with Gasteiger partial charge in [-0.1, -0.05) is 48.2 Å². The summed E-state index contributed by atoms with van der Waals surface area (Å²) in [5.41, 5.74) is 0.932. The number of hydrogen-bond donors (Lipinski definition) is 1. The predicted molar refractivity (Wildman–Crippen MR) is 100 cm³/mol. The number of hydrogen-bond acceptors (Lipinski definition) is 6. The number of nitro groups is 1. The van der Waals surface area contributed by atoms with Crippen LogP contribution in [0.5, 0.6) is 0 Å². The van der Waals surface area contributed by atoms with Crippen molar-refractivity contribution >= 4 is 40.2 Å². The fraction of sp³-hybridized carbons (Fsp3) is 0.167. The molecule has 1 aliphatic heterocycles. The topological polar surface area (TPSA) is 110 Å². The van der Waals surface area contributed by atoms with Crippen molar-refractivity contribution in [3.63, 3.8) is 0 Å². The van der Waals surface area contributed by atoms with Gasteiger partial charge in [0.25, 0.3) is 10.9 Å². The van der Waals surface area contributed by atoms with Gasteiger partial charge < -0.3 is 5.32 Å². The SMILES string of the molecule is O=C(CC1SC(=O)N(Cc2ccccc2)C1=O)Nc1cccc([N+](=O)[O-])c1. The first kappa shape index (κ1) is 18.6. The van der Waals surface area contributed by atoms with Crippen molar-refractivity contribution < 1.29 is 19.3 Å². The molecular formula is C18H15N3O5S. The molecule has 1 atom stereocenters. The van der Waals surface area contributed by atoms with Crippen LogP contribution in [0.4, 0.5) is 16.2 Å². The summed E-state index contributed by atoms with van der Waals surface area (Å²) in [6.45, 7) is 0.161. The van der Waals surface area contributed by atoms with E-state index in [0.717, 1.165) is 22.2 Å². The van der Waals surface area contributed by atoms with Crippen LogP contribution in [0, 0.1) is 10.1 Å². The first-order chi connectivity index (χ1) is 12.9. The number of carbonyl (C=O) groups excluding carboxylic acids is 3. The second-order valence-electron chi connectivity index (χ2n) is 5.84. The molecule has 2 aromatic carbocycles. The molecule has 138 valence electrons. The van der Waals surface area contributed by atoms with Gasteiger partial charge in [-0.05, 0) is 11.6 Å². The van der Waals surface area contributed by atoms with Gasteiger partial charge in [0.15, 0.2) is 0 Å². The zero-order valence-corrected chi connectivity index (χ0v) is 14.8. The highest BCUT2D eigenvalue weighted by Crippen LogP contribution is 2.31. The highest BCUT2D eigenvalue weighted by molar-refractivity contribution is 8.15. The standard InChI is InChI=1S/C18H15N3O5S/c22-16(19-13-7-4-8-14(9-13)21(25)26)10-15-17(23)20(18(24)27-15)11-12-5-2-1-3-6-12/h1-9,15H,10-11H2,(H,19,22). The summed E-state index contributed by atoms with van der Waals surface area (Å²) in [5.74, 6) is -0.904. The fourth-order valence-corrected chi connectivity index (χ4v) is 3.60. The molecule has 0 aromatic heterocycles. The van der Waals surface area contributed by atoms with E-state index in [-0.39, 0.29) is 24.3 Å². The van der Waals surface area contributed by atoms with E-state index in [9.17, 15) is 24.5 Å². The van der Waals surface area contributed by atoms with Crippen LogP contribution in [0.15, 0.2) is 54.6 Å². The molecule has 1 unspecified atom stereocenters. The molecule has 9 heteroatoms. The van der Waals surface area contributed by atoms with Crippen LogP contribution in [-0.2, 0) is 16.1 Å². The number of nitrogens with zero attached hydrogens (tertiary/aromatic N) is 2. The summed E-state index contributed by atoms with van der Waals surface area (Å²) in [5, 5.41) is 12.1. The largest absolute Gasteiger partial charge is 0.326 e. The van der Waals surface area contributed by atoms with Crippen molar-refractivity contribution in [2.24, 2.45) is 0 Å². The van der Waals surface area contributed by atoms with Crippen LogP contribution in [0.3, 0.4) is 0 Å². The quantitative estimate of drug-likeness (QED) is 0.604. The number of carbonyl (C=O) groups is 3. The number of nitrogens with one attached hydrogen (secondary N) is 1. The van der Waals surface area contributed by atoms with Gasteiger partial charge >= 0.3 is 0 Å². The Kier molecular flexibility index (Phi) is 5.51. The van der Waals surface area contributed by atoms with Crippen molar-refractivity contribution in [3.05, 3.63) is 70.3 Å². The molecule has 1 aliphatic rings. The van der Waals surface area contributed by atoms with E-state index in [1.807, 2.05) is 30.3 Å². The van der Waals surface area contributed by atoms with E-state index in [1.54, 1.807) is 0 Å². The number of benzene rings is 2. The zero-order valence-electron chi connectivity index (χ0n) is 14.0. The third-order valence-electron chi connectivity index (χ3n) is 3.90. The van der Waals surface area contributed by atoms with Crippen molar-refractivity contribution in [2.45, 2.75) is 18.2 Å². The van der Waals surface area contributed by atoms with Crippen LogP contribution < -0.4 is 5.32 Å². The van der Waals surface area contributed by atoms with E-state index < -0.39 is 27.2 Å². The van der Waals surface area contributed by atoms with Crippen LogP contribution in [0.1, 0.15) is 12.0 Å². The second-order valence-corrected chi connectivity index (χ2v) is 7.00. The number of anilines is 1. The molecule has 0 saturated carbocycles. The molecule has 2 aromatic rings. The molecule has 0 radical (unpaired) electrons. The maximum Gasteiger partial charge on any atom is 0.289 e. The first-order valence-corrected chi connectivity index (χ1v) is 8.92. The third kappa shape index (κ3) is 4.50. The molecule has 1 fully saturated rings. The maximum absolute atomic E-state index is 12.5. The molecule has 1 saturated heterocycles. The van der Waals surface area contributed by atoms with E-state index in [4.69, 9.17) is 0 Å². The van der Waals surface area contributed by atoms with E-state index >= 15 is 0 Å². The number of amides is 3. The summed E-state index contributed by atoms with van der Waals surface area (Å²) >= 11 is 0.816. The van der Waals surface area contributed by atoms with E-state index in [1.165, 1.54) is 24.3 Å². The Morgan fingerprint density at radius 1 is 1.15 bits per heavy atom. The molecule has 0 bridgehead atoms. The third-order valence-corrected chi connectivity index (χ3v) is 4.97. The lowest BCUT2D eigenvalue weighted by Crippen LogP contribution is -2.32. The Labute approximate surface area is 158 Å². The van der Waals surface area contributed by atoms with Crippen molar-refractivity contribution in [3.8, 4) is 0 Å². The highest BCUT2D eigenvalue weighted by atomic mass is 32.2. The second kappa shape index (κ2) is 8.00. The Balaban J connectivity index is 1.61. The lowest BCUT2D eigenvalue weighted by Gasteiger charge is -2.13. The van der Waals surface area contributed by atoms with Crippen LogP contribution in [0.25, 0.3) is 0 Å².